The fourth-order valence-corrected chi connectivity index (χ4v) is 2.88. The molecule has 1 atom stereocenters. The first-order valence-electron chi connectivity index (χ1n) is 8.81. The smallest absolute Gasteiger partial charge is 0.410 e. The third-order valence-electron chi connectivity index (χ3n) is 4.10. The fourth-order valence-electron chi connectivity index (χ4n) is 2.88. The van der Waals surface area contributed by atoms with E-state index in [1.807, 2.05) is 37.8 Å². The van der Waals surface area contributed by atoms with Crippen molar-refractivity contribution in [1.29, 1.82) is 0 Å². The molecule has 1 aliphatic heterocycles. The highest BCUT2D eigenvalue weighted by Gasteiger charge is 2.25. The summed E-state index contributed by atoms with van der Waals surface area (Å²) >= 11 is 0. The average Bonchev–Trinajstić information content (AvgIpc) is 2.73. The van der Waals surface area contributed by atoms with Crippen molar-refractivity contribution in [2.75, 3.05) is 25.0 Å². The summed E-state index contributed by atoms with van der Waals surface area (Å²) in [5, 5.41) is 12.5. The maximum absolute atomic E-state index is 12.2. The summed E-state index contributed by atoms with van der Waals surface area (Å²) in [6, 6.07) is 8.56. The Bertz CT molecular complexity index is 522. The standard InChI is InChI=1S/C19H30N2O3/c1-19(2,3)24-18(23)21-12-4-5-16(10-13-21)20-17-8-6-15(7-9-17)11-14-22/h6-9,16,20,22H,4-5,10-14H2,1-3H3. The number of rotatable bonds is 4. The van der Waals surface area contributed by atoms with Crippen LogP contribution in [0, 0.1) is 0 Å². The minimum atomic E-state index is -0.447. The highest BCUT2D eigenvalue weighted by atomic mass is 16.6. The Morgan fingerprint density at radius 2 is 1.96 bits per heavy atom. The van der Waals surface area contributed by atoms with Crippen LogP contribution in [0.5, 0.6) is 0 Å². The number of hydrogen-bond donors (Lipinski definition) is 2. The number of carbonyl (C=O) groups is 1. The van der Waals surface area contributed by atoms with Gasteiger partial charge in [-0.25, -0.2) is 4.79 Å². The number of hydrogen-bond acceptors (Lipinski definition) is 4. The van der Waals surface area contributed by atoms with Crippen molar-refractivity contribution in [3.05, 3.63) is 29.8 Å². The lowest BCUT2D eigenvalue weighted by Crippen LogP contribution is -2.37. The van der Waals surface area contributed by atoms with Gasteiger partial charge in [-0.2, -0.15) is 0 Å². The van der Waals surface area contributed by atoms with Gasteiger partial charge in [0.05, 0.1) is 0 Å². The normalized spacial score (nSPS) is 18.8. The number of aliphatic hydroxyl groups is 1. The van der Waals surface area contributed by atoms with E-state index in [-0.39, 0.29) is 12.7 Å². The predicted octanol–water partition coefficient (Wildman–Crippen LogP) is 3.42. The Hall–Kier alpha value is -1.75. The molecule has 0 bridgehead atoms. The van der Waals surface area contributed by atoms with Crippen molar-refractivity contribution in [3.63, 3.8) is 0 Å². The van der Waals surface area contributed by atoms with E-state index in [0.29, 0.717) is 12.5 Å². The van der Waals surface area contributed by atoms with E-state index in [1.165, 1.54) is 0 Å². The van der Waals surface area contributed by atoms with E-state index in [2.05, 4.69) is 17.4 Å². The van der Waals surface area contributed by atoms with Gasteiger partial charge in [0, 0.05) is 31.4 Å². The Morgan fingerprint density at radius 3 is 2.58 bits per heavy atom. The molecule has 0 spiro atoms. The van der Waals surface area contributed by atoms with Crippen LogP contribution < -0.4 is 5.32 Å². The van der Waals surface area contributed by atoms with Crippen LogP contribution in [-0.4, -0.2) is 47.4 Å². The number of anilines is 1. The lowest BCUT2D eigenvalue weighted by atomic mass is 10.1. The molecular formula is C19H30N2O3. The number of nitrogens with one attached hydrogen (secondary N) is 1. The van der Waals surface area contributed by atoms with E-state index in [0.717, 1.165) is 43.6 Å². The Kier molecular flexibility index (Phi) is 6.49. The van der Waals surface area contributed by atoms with Crippen LogP contribution in [0.2, 0.25) is 0 Å². The number of aliphatic hydroxyl groups excluding tert-OH is 1. The molecule has 24 heavy (non-hydrogen) atoms. The molecule has 1 aliphatic rings. The van der Waals surface area contributed by atoms with Crippen molar-refractivity contribution in [3.8, 4) is 0 Å². The zero-order valence-electron chi connectivity index (χ0n) is 15.0. The van der Waals surface area contributed by atoms with E-state index in [9.17, 15) is 4.79 Å². The van der Waals surface area contributed by atoms with Crippen LogP contribution in [0.3, 0.4) is 0 Å². The summed E-state index contributed by atoms with van der Waals surface area (Å²) in [4.78, 5) is 14.0. The van der Waals surface area contributed by atoms with Crippen LogP contribution in [-0.2, 0) is 11.2 Å². The zero-order valence-corrected chi connectivity index (χ0v) is 15.0. The predicted molar refractivity (Wildman–Crippen MR) is 96.3 cm³/mol. The molecule has 5 heteroatoms. The van der Waals surface area contributed by atoms with Gasteiger partial charge in [-0.1, -0.05) is 12.1 Å². The third kappa shape index (κ3) is 6.04. The Labute approximate surface area is 145 Å². The van der Waals surface area contributed by atoms with Gasteiger partial charge in [-0.3, -0.25) is 0 Å². The van der Waals surface area contributed by atoms with Crippen molar-refractivity contribution < 1.29 is 14.6 Å². The molecule has 1 amide bonds. The first kappa shape index (κ1) is 18.6. The van der Waals surface area contributed by atoms with Gasteiger partial charge < -0.3 is 20.1 Å². The number of likely N-dealkylation sites (tertiary alicyclic amines) is 1. The van der Waals surface area contributed by atoms with Crippen LogP contribution >= 0.6 is 0 Å². The molecule has 1 heterocycles. The summed E-state index contributed by atoms with van der Waals surface area (Å²) in [5.74, 6) is 0. The average molecular weight is 334 g/mol. The monoisotopic (exact) mass is 334 g/mol. The van der Waals surface area contributed by atoms with Crippen molar-refractivity contribution >= 4 is 11.8 Å². The SMILES string of the molecule is CC(C)(C)OC(=O)N1CCCC(Nc2ccc(CCO)cc2)CC1. The minimum Gasteiger partial charge on any atom is -0.444 e. The highest BCUT2D eigenvalue weighted by molar-refractivity contribution is 5.68. The first-order chi connectivity index (χ1) is 11.4. The summed E-state index contributed by atoms with van der Waals surface area (Å²) < 4.78 is 5.47. The molecule has 1 aromatic rings. The lowest BCUT2D eigenvalue weighted by Gasteiger charge is -2.26. The molecule has 0 saturated carbocycles. The van der Waals surface area contributed by atoms with E-state index in [1.54, 1.807) is 0 Å². The second kappa shape index (κ2) is 8.38. The van der Waals surface area contributed by atoms with Gasteiger partial charge in [0.1, 0.15) is 5.60 Å². The summed E-state index contributed by atoms with van der Waals surface area (Å²) in [5.41, 5.74) is 1.78. The van der Waals surface area contributed by atoms with E-state index in [4.69, 9.17) is 9.84 Å². The molecule has 1 saturated heterocycles. The van der Waals surface area contributed by atoms with Crippen LogP contribution in [0.25, 0.3) is 0 Å². The van der Waals surface area contributed by atoms with Crippen molar-refractivity contribution in [2.24, 2.45) is 0 Å². The zero-order chi connectivity index (χ0) is 17.6. The quantitative estimate of drug-likeness (QED) is 0.886. The Balaban J connectivity index is 1.85. The molecule has 2 rings (SSSR count). The van der Waals surface area contributed by atoms with Crippen molar-refractivity contribution in [1.82, 2.24) is 4.90 Å². The molecule has 5 nitrogen and oxygen atoms in total. The van der Waals surface area contributed by atoms with Gasteiger partial charge in [-0.05, 0) is 64.2 Å². The minimum absolute atomic E-state index is 0.176. The van der Waals surface area contributed by atoms with E-state index >= 15 is 0 Å². The molecule has 0 aliphatic carbocycles. The summed E-state index contributed by atoms with van der Waals surface area (Å²) in [6.45, 7) is 7.34. The lowest BCUT2D eigenvalue weighted by molar-refractivity contribution is 0.0256. The number of carbonyl (C=O) groups excluding carboxylic acids is 1. The maximum atomic E-state index is 12.2. The molecule has 1 aromatic carbocycles. The van der Waals surface area contributed by atoms with Crippen LogP contribution in [0.1, 0.15) is 45.6 Å². The topological polar surface area (TPSA) is 61.8 Å². The second-order valence-corrected chi connectivity index (χ2v) is 7.41. The molecular weight excluding hydrogens is 304 g/mol. The molecule has 2 N–H and O–H groups in total. The fraction of sp³-hybridized carbons (Fsp3) is 0.632. The second-order valence-electron chi connectivity index (χ2n) is 7.41. The van der Waals surface area contributed by atoms with Gasteiger partial charge in [0.25, 0.3) is 0 Å². The van der Waals surface area contributed by atoms with Gasteiger partial charge in [-0.15, -0.1) is 0 Å². The van der Waals surface area contributed by atoms with Gasteiger partial charge in [0.2, 0.25) is 0 Å². The summed E-state index contributed by atoms with van der Waals surface area (Å²) in [6.07, 6.45) is 3.40. The van der Waals surface area contributed by atoms with Crippen LogP contribution in [0.4, 0.5) is 10.5 Å². The number of amides is 1. The first-order valence-corrected chi connectivity index (χ1v) is 8.81. The van der Waals surface area contributed by atoms with Crippen molar-refractivity contribution in [2.45, 2.75) is 58.1 Å². The molecule has 0 radical (unpaired) electrons. The largest absolute Gasteiger partial charge is 0.444 e. The summed E-state index contributed by atoms with van der Waals surface area (Å²) in [7, 11) is 0. The van der Waals surface area contributed by atoms with Crippen LogP contribution in [0.15, 0.2) is 24.3 Å². The number of benzene rings is 1. The van der Waals surface area contributed by atoms with Gasteiger partial charge in [0.15, 0.2) is 0 Å². The molecule has 1 fully saturated rings. The maximum Gasteiger partial charge on any atom is 0.410 e. The Morgan fingerprint density at radius 1 is 1.25 bits per heavy atom. The molecule has 1 unspecified atom stereocenters. The van der Waals surface area contributed by atoms with Gasteiger partial charge >= 0.3 is 6.09 Å². The highest BCUT2D eigenvalue weighted by Crippen LogP contribution is 2.19. The third-order valence-corrected chi connectivity index (χ3v) is 4.10. The number of nitrogens with zero attached hydrogens (tertiary/aromatic N) is 1. The number of ether oxygens (including phenoxy) is 1. The van der Waals surface area contributed by atoms with E-state index < -0.39 is 5.60 Å². The molecule has 0 aromatic heterocycles. The molecule has 134 valence electrons.